The largest absolute Gasteiger partial charge is 0.494 e. The monoisotopic (exact) mass is 440 g/mol. The van der Waals surface area contributed by atoms with Gasteiger partial charge in [-0.3, -0.25) is 0 Å². The molecule has 1 N–H and O–H groups in total. The maximum Gasteiger partial charge on any atom is 0.321 e. The number of hydrogen-bond acceptors (Lipinski definition) is 2. The number of carbonyl (C=O) groups excluding carboxylic acids is 1. The highest BCUT2D eigenvalue weighted by molar-refractivity contribution is 9.11. The summed E-state index contributed by atoms with van der Waals surface area (Å²) < 4.78 is 7.19. The minimum absolute atomic E-state index is 0.165. The van der Waals surface area contributed by atoms with Gasteiger partial charge in [0.05, 0.1) is 12.3 Å². The van der Waals surface area contributed by atoms with E-state index in [1.807, 2.05) is 49.4 Å². The lowest BCUT2D eigenvalue weighted by atomic mass is 10.2. The molecule has 0 bridgehead atoms. The van der Waals surface area contributed by atoms with Gasteiger partial charge in [0, 0.05) is 22.5 Å². The van der Waals surface area contributed by atoms with E-state index in [1.165, 1.54) is 0 Å². The topological polar surface area (TPSA) is 41.6 Å². The number of anilines is 1. The van der Waals surface area contributed by atoms with Gasteiger partial charge in [-0.2, -0.15) is 0 Å². The van der Waals surface area contributed by atoms with Crippen molar-refractivity contribution >= 4 is 43.6 Å². The van der Waals surface area contributed by atoms with E-state index in [0.29, 0.717) is 13.2 Å². The van der Waals surface area contributed by atoms with Gasteiger partial charge in [0.2, 0.25) is 0 Å². The summed E-state index contributed by atoms with van der Waals surface area (Å²) >= 11 is 6.83. The standard InChI is InChI=1S/C17H18Br2N2O2/c1-3-23-14-7-4-12(5-8-14)11-21(2)17(22)20-16-9-6-13(18)10-15(16)19/h4-10H,3,11H2,1-2H3,(H,20,22). The predicted octanol–water partition coefficient (Wildman–Crippen LogP) is 5.27. The Kier molecular flexibility index (Phi) is 6.47. The number of benzene rings is 2. The summed E-state index contributed by atoms with van der Waals surface area (Å²) in [6, 6.07) is 13.2. The average Bonchev–Trinajstić information content (AvgIpc) is 2.52. The molecule has 2 aromatic carbocycles. The molecule has 2 rings (SSSR count). The summed E-state index contributed by atoms with van der Waals surface area (Å²) in [7, 11) is 1.76. The SMILES string of the molecule is CCOc1ccc(CN(C)C(=O)Nc2ccc(Br)cc2Br)cc1. The molecular formula is C17H18Br2N2O2. The van der Waals surface area contributed by atoms with Crippen molar-refractivity contribution in [2.75, 3.05) is 19.0 Å². The van der Waals surface area contributed by atoms with Crippen LogP contribution in [0.3, 0.4) is 0 Å². The van der Waals surface area contributed by atoms with Crippen molar-refractivity contribution in [2.45, 2.75) is 13.5 Å². The Balaban J connectivity index is 1.96. The van der Waals surface area contributed by atoms with Crippen LogP contribution < -0.4 is 10.1 Å². The zero-order valence-electron chi connectivity index (χ0n) is 13.0. The summed E-state index contributed by atoms with van der Waals surface area (Å²) in [5.74, 6) is 0.835. The van der Waals surface area contributed by atoms with Crippen molar-refractivity contribution < 1.29 is 9.53 Å². The van der Waals surface area contributed by atoms with Crippen molar-refractivity contribution in [3.05, 3.63) is 57.0 Å². The molecule has 0 radical (unpaired) electrons. The first-order valence-electron chi connectivity index (χ1n) is 7.18. The third kappa shape index (κ3) is 5.25. The highest BCUT2D eigenvalue weighted by atomic mass is 79.9. The van der Waals surface area contributed by atoms with Crippen LogP contribution in [0.5, 0.6) is 5.75 Å². The number of nitrogens with one attached hydrogen (secondary N) is 1. The molecular weight excluding hydrogens is 424 g/mol. The second-order valence-electron chi connectivity index (χ2n) is 4.99. The molecule has 0 aliphatic heterocycles. The lowest BCUT2D eigenvalue weighted by Crippen LogP contribution is -2.30. The van der Waals surface area contributed by atoms with E-state index < -0.39 is 0 Å². The van der Waals surface area contributed by atoms with Gasteiger partial charge >= 0.3 is 6.03 Å². The summed E-state index contributed by atoms with van der Waals surface area (Å²) in [5.41, 5.74) is 1.78. The van der Waals surface area contributed by atoms with Gasteiger partial charge < -0.3 is 15.0 Å². The van der Waals surface area contributed by atoms with E-state index in [1.54, 1.807) is 11.9 Å². The first-order valence-corrected chi connectivity index (χ1v) is 8.77. The minimum atomic E-state index is -0.165. The van der Waals surface area contributed by atoms with Crippen LogP contribution in [0.25, 0.3) is 0 Å². The molecule has 0 heterocycles. The molecule has 0 spiro atoms. The Bertz CT molecular complexity index is 675. The molecule has 0 saturated carbocycles. The van der Waals surface area contributed by atoms with Crippen molar-refractivity contribution in [3.63, 3.8) is 0 Å². The van der Waals surface area contributed by atoms with Crippen LogP contribution in [0, 0.1) is 0 Å². The fourth-order valence-corrected chi connectivity index (χ4v) is 3.15. The van der Waals surface area contributed by atoms with Gasteiger partial charge in [-0.1, -0.05) is 28.1 Å². The molecule has 6 heteroatoms. The third-order valence-electron chi connectivity index (χ3n) is 3.17. The Morgan fingerprint density at radius 3 is 2.48 bits per heavy atom. The average molecular weight is 442 g/mol. The molecule has 4 nitrogen and oxygen atoms in total. The zero-order valence-corrected chi connectivity index (χ0v) is 16.1. The van der Waals surface area contributed by atoms with Crippen molar-refractivity contribution in [1.29, 1.82) is 0 Å². The Labute approximate surface area is 153 Å². The van der Waals surface area contributed by atoms with E-state index in [9.17, 15) is 4.79 Å². The molecule has 2 aromatic rings. The van der Waals surface area contributed by atoms with Crippen molar-refractivity contribution in [1.82, 2.24) is 4.90 Å². The molecule has 122 valence electrons. The lowest BCUT2D eigenvalue weighted by Gasteiger charge is -2.19. The molecule has 0 aromatic heterocycles. The number of urea groups is 1. The second-order valence-corrected chi connectivity index (χ2v) is 6.76. The van der Waals surface area contributed by atoms with E-state index in [0.717, 1.165) is 25.9 Å². The third-order valence-corrected chi connectivity index (χ3v) is 4.32. The number of halogens is 2. The van der Waals surface area contributed by atoms with E-state index in [4.69, 9.17) is 4.74 Å². The smallest absolute Gasteiger partial charge is 0.321 e. The van der Waals surface area contributed by atoms with E-state index in [-0.39, 0.29) is 6.03 Å². The number of rotatable bonds is 5. The molecule has 2 amide bonds. The Morgan fingerprint density at radius 2 is 1.87 bits per heavy atom. The van der Waals surface area contributed by atoms with Crippen LogP contribution >= 0.6 is 31.9 Å². The first kappa shape index (κ1) is 17.8. The number of amides is 2. The van der Waals surface area contributed by atoms with Crippen LogP contribution in [-0.2, 0) is 6.54 Å². The maximum absolute atomic E-state index is 12.3. The van der Waals surface area contributed by atoms with Crippen LogP contribution in [0.2, 0.25) is 0 Å². The van der Waals surface area contributed by atoms with Gasteiger partial charge in [-0.15, -0.1) is 0 Å². The highest BCUT2D eigenvalue weighted by Gasteiger charge is 2.11. The Morgan fingerprint density at radius 1 is 1.17 bits per heavy atom. The summed E-state index contributed by atoms with van der Waals surface area (Å²) in [5, 5.41) is 2.88. The van der Waals surface area contributed by atoms with Crippen molar-refractivity contribution in [3.8, 4) is 5.75 Å². The van der Waals surface area contributed by atoms with Crippen LogP contribution in [-0.4, -0.2) is 24.6 Å². The van der Waals surface area contributed by atoms with Crippen LogP contribution in [0.4, 0.5) is 10.5 Å². The van der Waals surface area contributed by atoms with Gasteiger partial charge in [0.15, 0.2) is 0 Å². The fraction of sp³-hybridized carbons (Fsp3) is 0.235. The number of hydrogen-bond donors (Lipinski definition) is 1. The predicted molar refractivity (Wildman–Crippen MR) is 99.9 cm³/mol. The highest BCUT2D eigenvalue weighted by Crippen LogP contribution is 2.26. The minimum Gasteiger partial charge on any atom is -0.494 e. The van der Waals surface area contributed by atoms with Gasteiger partial charge in [0.25, 0.3) is 0 Å². The lowest BCUT2D eigenvalue weighted by molar-refractivity contribution is 0.220. The summed E-state index contributed by atoms with van der Waals surface area (Å²) in [6.07, 6.45) is 0. The number of ether oxygens (including phenoxy) is 1. The molecule has 0 saturated heterocycles. The maximum atomic E-state index is 12.3. The quantitative estimate of drug-likeness (QED) is 0.686. The van der Waals surface area contributed by atoms with Crippen molar-refractivity contribution in [2.24, 2.45) is 0 Å². The second kappa shape index (κ2) is 8.36. The zero-order chi connectivity index (χ0) is 16.8. The Hall–Kier alpha value is -1.53. The summed E-state index contributed by atoms with van der Waals surface area (Å²) in [6.45, 7) is 3.11. The molecule has 0 aliphatic rings. The molecule has 23 heavy (non-hydrogen) atoms. The molecule has 0 aliphatic carbocycles. The van der Waals surface area contributed by atoms with Gasteiger partial charge in [-0.05, 0) is 58.7 Å². The van der Waals surface area contributed by atoms with Gasteiger partial charge in [-0.25, -0.2) is 4.79 Å². The number of nitrogens with zero attached hydrogens (tertiary/aromatic N) is 1. The normalized spacial score (nSPS) is 10.3. The summed E-state index contributed by atoms with van der Waals surface area (Å²) in [4.78, 5) is 13.9. The van der Waals surface area contributed by atoms with E-state index in [2.05, 4.69) is 37.2 Å². The number of carbonyl (C=O) groups is 1. The molecule has 0 fully saturated rings. The molecule has 0 atom stereocenters. The fourth-order valence-electron chi connectivity index (χ4n) is 2.00. The van der Waals surface area contributed by atoms with Crippen LogP contribution in [0.1, 0.15) is 12.5 Å². The van der Waals surface area contributed by atoms with Crippen LogP contribution in [0.15, 0.2) is 51.4 Å². The van der Waals surface area contributed by atoms with Gasteiger partial charge in [0.1, 0.15) is 5.75 Å². The molecule has 0 unspecified atom stereocenters. The first-order chi connectivity index (χ1) is 11.0. The van der Waals surface area contributed by atoms with E-state index >= 15 is 0 Å².